The van der Waals surface area contributed by atoms with Crippen LogP contribution in [0, 0.1) is 6.92 Å². The van der Waals surface area contributed by atoms with E-state index < -0.39 is 0 Å². The number of carbonyl (C=O) groups is 1. The lowest BCUT2D eigenvalue weighted by Gasteiger charge is -2.33. The molecule has 0 radical (unpaired) electrons. The molecule has 0 bridgehead atoms. The Kier molecular flexibility index (Phi) is 5.90. The van der Waals surface area contributed by atoms with Crippen LogP contribution in [0.1, 0.15) is 11.7 Å². The molecular weight excluding hydrogens is 365 g/mol. The summed E-state index contributed by atoms with van der Waals surface area (Å²) < 4.78 is 5.14. The molecule has 1 fully saturated rings. The van der Waals surface area contributed by atoms with Crippen molar-refractivity contribution in [1.82, 2.24) is 19.9 Å². The molecule has 1 amide bonds. The summed E-state index contributed by atoms with van der Waals surface area (Å²) in [5.41, 5.74) is 0.571. The predicted molar refractivity (Wildman–Crippen MR) is 95.8 cm³/mol. The third-order valence-corrected chi connectivity index (χ3v) is 4.51. The molecule has 134 valence electrons. The number of carbonyl (C=O) groups excluding carboxylic acids is 1. The molecule has 0 aliphatic carbocycles. The molecule has 25 heavy (non-hydrogen) atoms. The highest BCUT2D eigenvalue weighted by Crippen LogP contribution is 2.25. The van der Waals surface area contributed by atoms with Gasteiger partial charge in [0.15, 0.2) is 5.82 Å². The van der Waals surface area contributed by atoms with Crippen molar-refractivity contribution in [1.29, 1.82) is 0 Å². The Morgan fingerprint density at radius 2 is 1.96 bits per heavy atom. The van der Waals surface area contributed by atoms with Gasteiger partial charge in [-0.2, -0.15) is 4.98 Å². The normalized spacial score (nSPS) is 16.1. The first-order chi connectivity index (χ1) is 12.0. The van der Waals surface area contributed by atoms with Gasteiger partial charge in [-0.1, -0.05) is 28.4 Å². The number of rotatable bonds is 5. The fourth-order valence-electron chi connectivity index (χ4n) is 2.68. The van der Waals surface area contributed by atoms with Crippen LogP contribution in [0.4, 0.5) is 5.69 Å². The highest BCUT2D eigenvalue weighted by Gasteiger charge is 2.20. The Morgan fingerprint density at radius 3 is 2.60 bits per heavy atom. The summed E-state index contributed by atoms with van der Waals surface area (Å²) in [6.45, 7) is 6.06. The molecule has 1 aromatic carbocycles. The van der Waals surface area contributed by atoms with Crippen molar-refractivity contribution >= 4 is 34.8 Å². The van der Waals surface area contributed by atoms with Crippen LogP contribution >= 0.6 is 23.2 Å². The van der Waals surface area contributed by atoms with Gasteiger partial charge in [-0.3, -0.25) is 14.6 Å². The number of piperazine rings is 1. The fourth-order valence-corrected chi connectivity index (χ4v) is 3.14. The van der Waals surface area contributed by atoms with E-state index in [9.17, 15) is 4.79 Å². The summed E-state index contributed by atoms with van der Waals surface area (Å²) in [6, 6.07) is 5.00. The lowest BCUT2D eigenvalue weighted by atomic mass is 10.3. The van der Waals surface area contributed by atoms with Crippen molar-refractivity contribution in [3.05, 3.63) is 40.0 Å². The zero-order valence-electron chi connectivity index (χ0n) is 13.8. The number of nitrogens with zero attached hydrogens (tertiary/aromatic N) is 4. The highest BCUT2D eigenvalue weighted by atomic mass is 35.5. The van der Waals surface area contributed by atoms with Crippen LogP contribution in [0.2, 0.25) is 10.0 Å². The number of benzene rings is 1. The van der Waals surface area contributed by atoms with Crippen molar-refractivity contribution < 1.29 is 9.32 Å². The summed E-state index contributed by atoms with van der Waals surface area (Å²) >= 11 is 11.9. The van der Waals surface area contributed by atoms with E-state index in [0.29, 0.717) is 40.5 Å². The van der Waals surface area contributed by atoms with Crippen molar-refractivity contribution in [2.24, 2.45) is 0 Å². The number of amides is 1. The predicted octanol–water partition coefficient (Wildman–Crippen LogP) is 2.44. The first kappa shape index (κ1) is 18.1. The van der Waals surface area contributed by atoms with E-state index in [0.717, 1.165) is 26.2 Å². The van der Waals surface area contributed by atoms with E-state index in [1.54, 1.807) is 25.1 Å². The van der Waals surface area contributed by atoms with E-state index >= 15 is 0 Å². The van der Waals surface area contributed by atoms with Gasteiger partial charge in [0.05, 0.1) is 23.8 Å². The maximum atomic E-state index is 12.2. The summed E-state index contributed by atoms with van der Waals surface area (Å²) in [4.78, 5) is 20.8. The number of hydrogen-bond acceptors (Lipinski definition) is 6. The molecule has 0 unspecified atom stereocenters. The van der Waals surface area contributed by atoms with Crippen LogP contribution in [-0.4, -0.2) is 58.6 Å². The largest absolute Gasteiger partial charge is 0.338 e. The van der Waals surface area contributed by atoms with Crippen LogP contribution in [0.25, 0.3) is 0 Å². The smallest absolute Gasteiger partial charge is 0.240 e. The topological polar surface area (TPSA) is 74.5 Å². The number of nitrogens with one attached hydrogen (secondary N) is 1. The summed E-state index contributed by atoms with van der Waals surface area (Å²) in [5, 5.41) is 7.58. The van der Waals surface area contributed by atoms with Gasteiger partial charge in [-0.15, -0.1) is 0 Å². The van der Waals surface area contributed by atoms with Gasteiger partial charge in [0.1, 0.15) is 0 Å². The quantitative estimate of drug-likeness (QED) is 0.854. The maximum Gasteiger partial charge on any atom is 0.240 e. The molecule has 2 heterocycles. The third kappa shape index (κ3) is 5.15. The van der Waals surface area contributed by atoms with E-state index in [1.807, 2.05) is 0 Å². The van der Waals surface area contributed by atoms with Crippen LogP contribution < -0.4 is 5.32 Å². The Morgan fingerprint density at radius 1 is 1.24 bits per heavy atom. The Labute approximate surface area is 155 Å². The second kappa shape index (κ2) is 8.14. The lowest BCUT2D eigenvalue weighted by Crippen LogP contribution is -2.48. The van der Waals surface area contributed by atoms with Crippen LogP contribution in [0.3, 0.4) is 0 Å². The molecule has 1 saturated heterocycles. The molecule has 1 aliphatic heterocycles. The average Bonchev–Trinajstić information content (AvgIpc) is 2.97. The molecule has 0 spiro atoms. The monoisotopic (exact) mass is 383 g/mol. The molecule has 7 nitrogen and oxygen atoms in total. The molecule has 9 heteroatoms. The van der Waals surface area contributed by atoms with Crippen LogP contribution in [-0.2, 0) is 11.3 Å². The highest BCUT2D eigenvalue weighted by molar-refractivity contribution is 6.36. The molecule has 1 aliphatic rings. The minimum Gasteiger partial charge on any atom is -0.338 e. The number of halogens is 2. The van der Waals surface area contributed by atoms with Crippen molar-refractivity contribution in [3.63, 3.8) is 0 Å². The van der Waals surface area contributed by atoms with Gasteiger partial charge in [-0.05, 0) is 25.1 Å². The Balaban J connectivity index is 1.44. The molecule has 2 aromatic rings. The molecule has 1 N–H and O–H groups in total. The van der Waals surface area contributed by atoms with Gasteiger partial charge < -0.3 is 9.84 Å². The average molecular weight is 384 g/mol. The van der Waals surface area contributed by atoms with E-state index in [2.05, 4.69) is 25.3 Å². The molecular formula is C16H19Cl2N5O2. The van der Waals surface area contributed by atoms with E-state index in [1.165, 1.54) is 0 Å². The first-order valence-corrected chi connectivity index (χ1v) is 8.74. The lowest BCUT2D eigenvalue weighted by molar-refractivity contribution is -0.117. The second-order valence-corrected chi connectivity index (χ2v) is 6.80. The van der Waals surface area contributed by atoms with Crippen molar-refractivity contribution in [2.75, 3.05) is 38.0 Å². The summed E-state index contributed by atoms with van der Waals surface area (Å²) in [7, 11) is 0. The van der Waals surface area contributed by atoms with Crippen LogP contribution in [0.5, 0.6) is 0 Å². The van der Waals surface area contributed by atoms with Crippen LogP contribution in [0.15, 0.2) is 22.7 Å². The van der Waals surface area contributed by atoms with E-state index in [-0.39, 0.29) is 5.91 Å². The van der Waals surface area contributed by atoms with Gasteiger partial charge in [0, 0.05) is 31.2 Å². The molecule has 1 aromatic heterocycles. The van der Waals surface area contributed by atoms with Gasteiger partial charge >= 0.3 is 0 Å². The SMILES string of the molecule is Cc1noc(CN2CCN(CC(=O)Nc3ccc(Cl)cc3Cl)CC2)n1. The Bertz CT molecular complexity index is 744. The first-order valence-electron chi connectivity index (χ1n) is 7.98. The maximum absolute atomic E-state index is 12.2. The number of aryl methyl sites for hydroxylation is 1. The van der Waals surface area contributed by atoms with Gasteiger partial charge in [-0.25, -0.2) is 0 Å². The van der Waals surface area contributed by atoms with Crippen molar-refractivity contribution in [3.8, 4) is 0 Å². The Hall–Kier alpha value is -1.67. The van der Waals surface area contributed by atoms with Gasteiger partial charge in [0.25, 0.3) is 0 Å². The molecule has 3 rings (SSSR count). The number of hydrogen-bond donors (Lipinski definition) is 1. The minimum atomic E-state index is -0.0924. The molecule has 0 atom stereocenters. The summed E-state index contributed by atoms with van der Waals surface area (Å²) in [5.74, 6) is 1.18. The number of anilines is 1. The van der Waals surface area contributed by atoms with Crippen molar-refractivity contribution in [2.45, 2.75) is 13.5 Å². The van der Waals surface area contributed by atoms with E-state index in [4.69, 9.17) is 27.7 Å². The summed E-state index contributed by atoms with van der Waals surface area (Å²) in [6.07, 6.45) is 0. The van der Waals surface area contributed by atoms with Gasteiger partial charge in [0.2, 0.25) is 11.8 Å². The third-order valence-electron chi connectivity index (χ3n) is 3.97. The second-order valence-electron chi connectivity index (χ2n) is 5.96. The zero-order chi connectivity index (χ0) is 17.8. The minimum absolute atomic E-state index is 0.0924. The fraction of sp³-hybridized carbons (Fsp3) is 0.438. The standard InChI is InChI=1S/C16H19Cl2N5O2/c1-11-19-16(25-21-11)10-23-6-4-22(5-7-23)9-15(24)20-14-3-2-12(17)8-13(14)18/h2-3,8H,4-7,9-10H2,1H3,(H,20,24). The number of aromatic nitrogens is 2. The molecule has 0 saturated carbocycles. The zero-order valence-corrected chi connectivity index (χ0v) is 15.3.